The minimum absolute atomic E-state index is 0. The second-order valence-corrected chi connectivity index (χ2v) is 14.0. The molecule has 0 saturated heterocycles. The van der Waals surface area contributed by atoms with Crippen LogP contribution in [0.15, 0.2) is 219 Å². The van der Waals surface area contributed by atoms with Crippen LogP contribution in [0.4, 0.5) is 0 Å². The number of benzene rings is 4. The van der Waals surface area contributed by atoms with Gasteiger partial charge in [-0.2, -0.15) is 20.5 Å². The van der Waals surface area contributed by atoms with E-state index in [0.717, 1.165) is 86.0 Å². The Bertz CT molecular complexity index is 2730. The molecule has 6 heterocycles. The van der Waals surface area contributed by atoms with Gasteiger partial charge in [-0.05, 0) is 107 Å². The van der Waals surface area contributed by atoms with E-state index in [0.29, 0.717) is 0 Å². The van der Waals surface area contributed by atoms with Crippen LogP contribution in [0.5, 0.6) is 0 Å². The first-order chi connectivity index (χ1) is 32.6. The molecule has 0 saturated carbocycles. The van der Waals surface area contributed by atoms with Crippen molar-refractivity contribution in [1.82, 2.24) is 39.5 Å². The Labute approximate surface area is 409 Å². The van der Waals surface area contributed by atoms with Gasteiger partial charge in [0, 0.05) is 55.4 Å². The normalized spacial score (nSPS) is 9.64. The van der Waals surface area contributed by atoms with Crippen LogP contribution in [0.3, 0.4) is 0 Å². The number of rotatable bonds is 8. The summed E-state index contributed by atoms with van der Waals surface area (Å²) >= 11 is 7.40. The minimum atomic E-state index is 0. The van der Waals surface area contributed by atoms with Crippen molar-refractivity contribution in [2.75, 3.05) is 7.11 Å². The van der Waals surface area contributed by atoms with Crippen molar-refractivity contribution in [3.05, 3.63) is 230 Å². The summed E-state index contributed by atoms with van der Waals surface area (Å²) in [6.45, 7) is 0. The molecule has 0 aliphatic rings. The molecule has 11 nitrogen and oxygen atoms in total. The summed E-state index contributed by atoms with van der Waals surface area (Å²) in [5, 5.41) is 32.5. The Kier molecular flexibility index (Phi) is 19.9. The van der Waals surface area contributed by atoms with Gasteiger partial charge >= 0.3 is 16.8 Å². The number of hydrogen-bond donors (Lipinski definition) is 1. The minimum Gasteiger partial charge on any atom is -0.753 e. The molecule has 0 aliphatic heterocycles. The van der Waals surface area contributed by atoms with Crippen LogP contribution in [0.2, 0.25) is 0 Å². The van der Waals surface area contributed by atoms with Crippen molar-refractivity contribution in [3.8, 4) is 78.9 Å². The van der Waals surface area contributed by atoms with E-state index in [2.05, 4.69) is 142 Å². The second-order valence-electron chi connectivity index (χ2n) is 13.6. The molecule has 6 aromatic heterocycles. The van der Waals surface area contributed by atoms with Crippen molar-refractivity contribution < 1.29 is 21.9 Å². The molecule has 14 heteroatoms. The van der Waals surface area contributed by atoms with E-state index in [1.807, 2.05) is 107 Å². The van der Waals surface area contributed by atoms with Gasteiger partial charge in [-0.3, -0.25) is 9.97 Å². The zero-order valence-corrected chi connectivity index (χ0v) is 38.5. The standard InChI is InChI=1S/2C25H18N4.2CNS.CH4O.Co/c2*1-2-7-20(8-3-1)24-17-21(18-25(28-24)23-9-4-5-14-26-23)19-10-12-22(13-11-19)29-16-6-15-27-29;2*2-1-3;1-2;/h2*1-18H;;;2H,1H3;/q;;2*-1;;+2. The maximum absolute atomic E-state index is 7.13. The van der Waals surface area contributed by atoms with Crippen LogP contribution >= 0.6 is 24.4 Å². The van der Waals surface area contributed by atoms with Crippen LogP contribution in [0, 0.1) is 0 Å². The van der Waals surface area contributed by atoms with E-state index in [9.17, 15) is 0 Å². The third-order valence-electron chi connectivity index (χ3n) is 9.58. The Morgan fingerprint density at radius 3 is 1.04 bits per heavy atom. The fourth-order valence-corrected chi connectivity index (χ4v) is 6.66. The van der Waals surface area contributed by atoms with Crippen LogP contribution in [0.25, 0.3) is 89.7 Å². The first-order valence-corrected chi connectivity index (χ1v) is 21.0. The zero-order chi connectivity index (χ0) is 46.4. The molecular weight excluding hydrogens is 916 g/mol. The molecule has 67 heavy (non-hydrogen) atoms. The van der Waals surface area contributed by atoms with Gasteiger partial charge in [-0.1, -0.05) is 121 Å². The van der Waals surface area contributed by atoms with Gasteiger partial charge in [0.2, 0.25) is 0 Å². The van der Waals surface area contributed by atoms with Crippen LogP contribution in [0.1, 0.15) is 0 Å². The van der Waals surface area contributed by atoms with E-state index in [1.54, 1.807) is 24.8 Å². The van der Waals surface area contributed by atoms with Gasteiger partial charge in [-0.15, -0.1) is 0 Å². The Morgan fingerprint density at radius 2 is 0.731 bits per heavy atom. The molecule has 0 unspecified atom stereocenters. The monoisotopic (exact) mass is 955 g/mol. The van der Waals surface area contributed by atoms with E-state index in [1.165, 1.54) is 10.3 Å². The third kappa shape index (κ3) is 14.0. The number of nitrogens with zero attached hydrogens (tertiary/aromatic N) is 10. The molecule has 4 aromatic carbocycles. The van der Waals surface area contributed by atoms with Gasteiger partial charge in [0.25, 0.3) is 0 Å². The predicted octanol–water partition coefficient (Wildman–Crippen LogP) is 12.2. The van der Waals surface area contributed by atoms with E-state index >= 15 is 0 Å². The van der Waals surface area contributed by atoms with Gasteiger partial charge in [0.15, 0.2) is 0 Å². The first kappa shape index (κ1) is 50.0. The van der Waals surface area contributed by atoms with Gasteiger partial charge in [0.05, 0.1) is 45.5 Å². The van der Waals surface area contributed by atoms with Crippen molar-refractivity contribution in [3.63, 3.8) is 0 Å². The van der Waals surface area contributed by atoms with Gasteiger partial charge in [0.1, 0.15) is 0 Å². The largest absolute Gasteiger partial charge is 2.00 e. The molecule has 10 rings (SSSR count). The molecule has 0 atom stereocenters. The Balaban J connectivity index is 0.000000215. The Morgan fingerprint density at radius 1 is 0.388 bits per heavy atom. The maximum atomic E-state index is 7.13. The maximum Gasteiger partial charge on any atom is 2.00 e. The van der Waals surface area contributed by atoms with E-state index in [4.69, 9.17) is 25.9 Å². The predicted molar refractivity (Wildman–Crippen MR) is 271 cm³/mol. The first-order valence-electron chi connectivity index (χ1n) is 20.2. The van der Waals surface area contributed by atoms with Gasteiger partial charge < -0.3 is 15.9 Å². The third-order valence-corrected chi connectivity index (χ3v) is 9.58. The summed E-state index contributed by atoms with van der Waals surface area (Å²) < 4.78 is 3.70. The number of pyridine rings is 4. The summed E-state index contributed by atoms with van der Waals surface area (Å²) in [6, 6.07) is 61.3. The molecule has 329 valence electrons. The molecule has 0 aliphatic carbocycles. The molecule has 0 amide bonds. The van der Waals surface area contributed by atoms with Crippen molar-refractivity contribution in [2.45, 2.75) is 0 Å². The molecule has 0 bridgehead atoms. The smallest absolute Gasteiger partial charge is 0.753 e. The summed E-state index contributed by atoms with van der Waals surface area (Å²) in [5.74, 6) is 0. The van der Waals surface area contributed by atoms with E-state index in [-0.39, 0.29) is 16.8 Å². The number of isothiocyanates is 2. The topological polar surface area (TPSA) is 152 Å². The summed E-state index contributed by atoms with van der Waals surface area (Å²) in [6.07, 6.45) is 11.0. The fourth-order valence-electron chi connectivity index (χ4n) is 6.66. The summed E-state index contributed by atoms with van der Waals surface area (Å²) in [5.41, 5.74) is 14.0. The molecule has 0 fully saturated rings. The SMILES string of the molecule is CO.[Co+2].[N-]=C=S.[N-]=C=S.c1ccc(-c2cc(-c3ccc(-n4cccn4)cc3)cc(-c3ccccn3)n2)cc1.c1ccc(-c2cc(-c3ccc(-n4cccn4)cc3)cc(-c3ccccn3)n2)cc1. The molecule has 1 N–H and O–H groups in total. The number of aliphatic hydroxyl groups is 1. The average molecular weight is 956 g/mol. The fraction of sp³-hybridized carbons (Fsp3) is 0.0189. The van der Waals surface area contributed by atoms with E-state index < -0.39 is 0 Å². The summed E-state index contributed by atoms with van der Waals surface area (Å²) in [7, 11) is 1.00. The molecule has 1 radical (unpaired) electrons. The van der Waals surface area contributed by atoms with Crippen molar-refractivity contribution in [1.29, 1.82) is 0 Å². The van der Waals surface area contributed by atoms with Crippen LogP contribution in [-0.2, 0) is 16.8 Å². The average Bonchev–Trinajstić information content (AvgIpc) is 4.16. The molecule has 0 spiro atoms. The Hall–Kier alpha value is -8.03. The number of thiocarbonyl (C=S) groups is 2. The molecular formula is C53H40CoN10OS2. The van der Waals surface area contributed by atoms with Crippen molar-refractivity contribution >= 4 is 34.8 Å². The number of hydrogen-bond acceptors (Lipinski definition) is 9. The van der Waals surface area contributed by atoms with Crippen molar-refractivity contribution in [2.24, 2.45) is 0 Å². The van der Waals surface area contributed by atoms with Crippen LogP contribution < -0.4 is 0 Å². The number of aliphatic hydroxyl groups excluding tert-OH is 1. The van der Waals surface area contributed by atoms with Crippen LogP contribution in [-0.4, -0.2) is 62.0 Å². The van der Waals surface area contributed by atoms with Gasteiger partial charge in [-0.25, -0.2) is 19.3 Å². The molecule has 10 aromatic rings. The summed E-state index contributed by atoms with van der Waals surface area (Å²) in [4.78, 5) is 18.7. The quantitative estimate of drug-likeness (QED) is 0.116. The zero-order valence-electron chi connectivity index (χ0n) is 35.9. The number of aromatic nitrogens is 8. The second kappa shape index (κ2) is 26.7.